The van der Waals surface area contributed by atoms with Crippen LogP contribution in [0.25, 0.3) is 0 Å². The number of ether oxygens (including phenoxy) is 2. The van der Waals surface area contributed by atoms with E-state index in [0.717, 1.165) is 22.5 Å². The number of aryl methyl sites for hydroxylation is 2. The van der Waals surface area contributed by atoms with E-state index in [4.69, 9.17) is 9.47 Å². The highest BCUT2D eigenvalue weighted by Crippen LogP contribution is 2.26. The van der Waals surface area contributed by atoms with Gasteiger partial charge in [0.1, 0.15) is 6.61 Å². The second-order valence-corrected chi connectivity index (χ2v) is 10.2. The molecular formula is C21H26N2O6S2. The number of hydrogen-bond donors (Lipinski definition) is 0. The standard InChI is InChI=1S/C21H26N2O6S2/c1-4-28-21(25)19-22-17(13-30-19)12-29-20(24)16-7-9-23(10-8-16)31(26,27)18-6-5-14(2)15(3)11-18/h5-6,11,13,16H,4,7-10,12H2,1-3H3. The van der Waals surface area contributed by atoms with Gasteiger partial charge in [-0.15, -0.1) is 11.3 Å². The van der Waals surface area contributed by atoms with Crippen molar-refractivity contribution in [1.29, 1.82) is 0 Å². The summed E-state index contributed by atoms with van der Waals surface area (Å²) in [5.74, 6) is -1.24. The van der Waals surface area contributed by atoms with Gasteiger partial charge in [0.15, 0.2) is 0 Å². The SMILES string of the molecule is CCOC(=O)c1nc(COC(=O)C2CCN(S(=O)(=O)c3ccc(C)c(C)c3)CC2)cs1. The second kappa shape index (κ2) is 9.88. The van der Waals surface area contributed by atoms with Crippen molar-refractivity contribution in [3.63, 3.8) is 0 Å². The second-order valence-electron chi connectivity index (χ2n) is 7.40. The van der Waals surface area contributed by atoms with Crippen molar-refractivity contribution in [1.82, 2.24) is 9.29 Å². The van der Waals surface area contributed by atoms with Gasteiger partial charge in [-0.25, -0.2) is 18.2 Å². The number of hydrogen-bond acceptors (Lipinski definition) is 8. The van der Waals surface area contributed by atoms with E-state index in [1.807, 2.05) is 13.8 Å². The number of carbonyl (C=O) groups is 2. The van der Waals surface area contributed by atoms with Crippen LogP contribution >= 0.6 is 11.3 Å². The van der Waals surface area contributed by atoms with Crippen molar-refractivity contribution in [2.45, 2.75) is 45.1 Å². The van der Waals surface area contributed by atoms with E-state index in [-0.39, 0.29) is 48.1 Å². The lowest BCUT2D eigenvalue weighted by atomic mass is 9.98. The molecule has 0 bridgehead atoms. The fourth-order valence-corrected chi connectivity index (χ4v) is 5.53. The van der Waals surface area contributed by atoms with Crippen molar-refractivity contribution in [2.24, 2.45) is 5.92 Å². The minimum Gasteiger partial charge on any atom is -0.461 e. The summed E-state index contributed by atoms with van der Waals surface area (Å²) in [6.07, 6.45) is 0.794. The summed E-state index contributed by atoms with van der Waals surface area (Å²) in [4.78, 5) is 28.5. The Kier molecular flexibility index (Phi) is 7.45. The number of nitrogens with zero attached hydrogens (tertiary/aromatic N) is 2. The summed E-state index contributed by atoms with van der Waals surface area (Å²) in [5, 5.41) is 1.87. The lowest BCUT2D eigenvalue weighted by molar-refractivity contribution is -0.151. The largest absolute Gasteiger partial charge is 0.461 e. The fourth-order valence-electron chi connectivity index (χ4n) is 3.28. The Bertz CT molecular complexity index is 1060. The van der Waals surface area contributed by atoms with E-state index in [1.54, 1.807) is 30.5 Å². The van der Waals surface area contributed by atoms with Gasteiger partial charge in [-0.3, -0.25) is 4.79 Å². The molecule has 10 heteroatoms. The van der Waals surface area contributed by atoms with Gasteiger partial charge in [0.05, 0.1) is 23.1 Å². The van der Waals surface area contributed by atoms with Crippen molar-refractivity contribution >= 4 is 33.3 Å². The maximum atomic E-state index is 12.9. The Labute approximate surface area is 186 Å². The predicted molar refractivity (Wildman–Crippen MR) is 115 cm³/mol. The molecule has 1 aliphatic heterocycles. The average Bonchev–Trinajstić information content (AvgIpc) is 3.23. The molecule has 0 spiro atoms. The van der Waals surface area contributed by atoms with Crippen molar-refractivity contribution in [3.8, 4) is 0 Å². The molecule has 0 N–H and O–H groups in total. The number of rotatable bonds is 7. The van der Waals surface area contributed by atoms with E-state index < -0.39 is 16.0 Å². The third-order valence-electron chi connectivity index (χ3n) is 5.27. The van der Waals surface area contributed by atoms with Gasteiger partial charge in [-0.05, 0) is 56.9 Å². The van der Waals surface area contributed by atoms with Crippen LogP contribution in [0.5, 0.6) is 0 Å². The summed E-state index contributed by atoms with van der Waals surface area (Å²) in [6, 6.07) is 5.11. The molecule has 0 unspecified atom stereocenters. The van der Waals surface area contributed by atoms with Gasteiger partial charge in [0, 0.05) is 18.5 Å². The first-order chi connectivity index (χ1) is 14.7. The highest BCUT2D eigenvalue weighted by molar-refractivity contribution is 7.89. The van der Waals surface area contributed by atoms with E-state index in [9.17, 15) is 18.0 Å². The quantitative estimate of drug-likeness (QED) is 0.578. The molecule has 1 aromatic heterocycles. The molecule has 0 radical (unpaired) electrons. The van der Waals surface area contributed by atoms with E-state index in [0.29, 0.717) is 18.5 Å². The summed E-state index contributed by atoms with van der Waals surface area (Å²) in [5.41, 5.74) is 2.44. The van der Waals surface area contributed by atoms with Gasteiger partial charge in [0.2, 0.25) is 15.0 Å². The third kappa shape index (κ3) is 5.50. The van der Waals surface area contributed by atoms with Gasteiger partial charge < -0.3 is 9.47 Å². The van der Waals surface area contributed by atoms with Gasteiger partial charge in [0.25, 0.3) is 0 Å². The van der Waals surface area contributed by atoms with Gasteiger partial charge in [-0.2, -0.15) is 4.31 Å². The Morgan fingerprint density at radius 2 is 1.87 bits per heavy atom. The minimum absolute atomic E-state index is 0.0319. The van der Waals surface area contributed by atoms with Crippen LogP contribution in [-0.2, 0) is 30.9 Å². The molecular weight excluding hydrogens is 440 g/mol. The van der Waals surface area contributed by atoms with Crippen LogP contribution in [0.1, 0.15) is 46.4 Å². The summed E-state index contributed by atoms with van der Waals surface area (Å²) >= 11 is 1.14. The van der Waals surface area contributed by atoms with Crippen LogP contribution in [0, 0.1) is 19.8 Å². The molecule has 8 nitrogen and oxygen atoms in total. The first-order valence-electron chi connectivity index (χ1n) is 10.1. The topological polar surface area (TPSA) is 103 Å². The molecule has 0 aliphatic carbocycles. The smallest absolute Gasteiger partial charge is 0.367 e. The lowest BCUT2D eigenvalue weighted by Crippen LogP contribution is -2.40. The number of piperidine rings is 1. The normalized spacial score (nSPS) is 15.6. The van der Waals surface area contributed by atoms with E-state index >= 15 is 0 Å². The Balaban J connectivity index is 1.52. The fraction of sp³-hybridized carbons (Fsp3) is 0.476. The zero-order valence-corrected chi connectivity index (χ0v) is 19.4. The van der Waals surface area contributed by atoms with Gasteiger partial charge >= 0.3 is 11.9 Å². The molecule has 1 fully saturated rings. The number of carbonyl (C=O) groups excluding carboxylic acids is 2. The lowest BCUT2D eigenvalue weighted by Gasteiger charge is -2.30. The first kappa shape index (κ1) is 23.4. The van der Waals surface area contributed by atoms with Crippen LogP contribution in [-0.4, -0.2) is 49.3 Å². The molecule has 1 aromatic carbocycles. The summed E-state index contributed by atoms with van der Waals surface area (Å²) in [7, 11) is -3.59. The van der Waals surface area contributed by atoms with Crippen molar-refractivity contribution in [2.75, 3.05) is 19.7 Å². The van der Waals surface area contributed by atoms with Gasteiger partial charge in [-0.1, -0.05) is 6.07 Å². The summed E-state index contributed by atoms with van der Waals surface area (Å²) < 4.78 is 37.5. The highest BCUT2D eigenvalue weighted by atomic mass is 32.2. The maximum Gasteiger partial charge on any atom is 0.367 e. The molecule has 3 rings (SSSR count). The maximum absolute atomic E-state index is 12.9. The Morgan fingerprint density at radius 3 is 2.52 bits per heavy atom. The van der Waals surface area contributed by atoms with Crippen molar-refractivity contribution in [3.05, 3.63) is 45.4 Å². The third-order valence-corrected chi connectivity index (χ3v) is 8.03. The number of aromatic nitrogens is 1. The van der Waals surface area contributed by atoms with Crippen LogP contribution in [0.2, 0.25) is 0 Å². The molecule has 31 heavy (non-hydrogen) atoms. The zero-order chi connectivity index (χ0) is 22.6. The van der Waals surface area contributed by atoms with Crippen LogP contribution in [0.15, 0.2) is 28.5 Å². The molecule has 2 heterocycles. The van der Waals surface area contributed by atoms with Crippen molar-refractivity contribution < 1.29 is 27.5 Å². The zero-order valence-electron chi connectivity index (χ0n) is 17.8. The molecule has 0 saturated carbocycles. The van der Waals surface area contributed by atoms with Crippen LogP contribution in [0.4, 0.5) is 0 Å². The summed E-state index contributed by atoms with van der Waals surface area (Å²) in [6.45, 7) is 6.29. The minimum atomic E-state index is -3.59. The molecule has 1 aliphatic rings. The number of thiazole rings is 1. The molecule has 1 saturated heterocycles. The van der Waals surface area contributed by atoms with Crippen LogP contribution < -0.4 is 0 Å². The number of sulfonamides is 1. The van der Waals surface area contributed by atoms with E-state index in [2.05, 4.69) is 4.98 Å². The number of benzene rings is 1. The first-order valence-corrected chi connectivity index (χ1v) is 12.4. The average molecular weight is 467 g/mol. The van der Waals surface area contributed by atoms with E-state index in [1.165, 1.54) is 4.31 Å². The highest BCUT2D eigenvalue weighted by Gasteiger charge is 2.33. The monoisotopic (exact) mass is 466 g/mol. The Morgan fingerprint density at radius 1 is 1.16 bits per heavy atom. The predicted octanol–water partition coefficient (Wildman–Crippen LogP) is 3.08. The Hall–Kier alpha value is -2.30. The molecule has 0 amide bonds. The molecule has 0 atom stereocenters. The number of esters is 2. The molecule has 168 valence electrons. The molecule has 2 aromatic rings. The van der Waals surface area contributed by atoms with Crippen LogP contribution in [0.3, 0.4) is 0 Å².